The molecule has 0 unspecified atom stereocenters. The molecule has 0 radical (unpaired) electrons. The summed E-state index contributed by atoms with van der Waals surface area (Å²) in [6.45, 7) is 8.07. The van der Waals surface area contributed by atoms with Gasteiger partial charge in [0.25, 0.3) is 0 Å². The molecule has 0 saturated heterocycles. The molecular formula is C53H36N4O. The number of hydrogen-bond acceptors (Lipinski definition) is 4. The molecule has 10 rings (SSSR count). The maximum absolute atomic E-state index is 6.45. The molecule has 0 N–H and O–H groups in total. The lowest BCUT2D eigenvalue weighted by Crippen LogP contribution is -1.99. The van der Waals surface area contributed by atoms with Crippen molar-refractivity contribution in [2.75, 3.05) is 0 Å². The van der Waals surface area contributed by atoms with Crippen LogP contribution in [0.3, 0.4) is 0 Å². The van der Waals surface area contributed by atoms with Crippen molar-refractivity contribution in [3.05, 3.63) is 207 Å². The number of hydrogen-bond donors (Lipinski definition) is 0. The van der Waals surface area contributed by atoms with Crippen LogP contribution in [0.2, 0.25) is 0 Å². The highest BCUT2D eigenvalue weighted by molar-refractivity contribution is 6.09. The molecule has 0 bridgehead atoms. The van der Waals surface area contributed by atoms with Crippen molar-refractivity contribution in [2.45, 2.75) is 0 Å². The molecule has 7 aromatic carbocycles. The monoisotopic (exact) mass is 744 g/mol. The van der Waals surface area contributed by atoms with Crippen molar-refractivity contribution in [1.29, 1.82) is 0 Å². The predicted octanol–water partition coefficient (Wildman–Crippen LogP) is 13.8. The van der Waals surface area contributed by atoms with E-state index in [2.05, 4.69) is 151 Å². The number of imidazole rings is 1. The van der Waals surface area contributed by atoms with Gasteiger partial charge in [0.1, 0.15) is 17.0 Å². The average Bonchev–Trinajstić information content (AvgIpc) is 3.88. The van der Waals surface area contributed by atoms with Crippen LogP contribution in [0.25, 0.3) is 107 Å². The van der Waals surface area contributed by atoms with Gasteiger partial charge in [-0.3, -0.25) is 4.57 Å². The van der Waals surface area contributed by atoms with E-state index in [0.717, 1.165) is 95.2 Å². The van der Waals surface area contributed by atoms with Crippen molar-refractivity contribution < 1.29 is 4.42 Å². The second-order valence-corrected chi connectivity index (χ2v) is 14.1. The van der Waals surface area contributed by atoms with Gasteiger partial charge in [0, 0.05) is 33.2 Å². The maximum atomic E-state index is 6.45. The molecule has 274 valence electrons. The van der Waals surface area contributed by atoms with E-state index in [1.807, 2.05) is 54.6 Å². The lowest BCUT2D eigenvalue weighted by atomic mass is 9.99. The van der Waals surface area contributed by atoms with Crippen molar-refractivity contribution in [3.8, 4) is 73.2 Å². The van der Waals surface area contributed by atoms with E-state index < -0.39 is 0 Å². The summed E-state index contributed by atoms with van der Waals surface area (Å²) in [5.74, 6) is 1.44. The zero-order chi connectivity index (χ0) is 39.0. The van der Waals surface area contributed by atoms with E-state index in [-0.39, 0.29) is 0 Å². The highest BCUT2D eigenvalue weighted by Gasteiger charge is 2.19. The SMILES string of the molecule is C=Cc1nc(-c2ccc(-c3ccc(-c4cc(-c5ccc(-c6ccccc6)cc5)nc(-c5cccc6c5oc5ccccc56)n4)cc3)cc2)n(-c2ccccc2)c1C=C. The van der Waals surface area contributed by atoms with Gasteiger partial charge in [0.05, 0.1) is 28.3 Å². The Kier molecular flexibility index (Phi) is 8.73. The maximum Gasteiger partial charge on any atom is 0.164 e. The van der Waals surface area contributed by atoms with Gasteiger partial charge in [-0.1, -0.05) is 165 Å². The minimum Gasteiger partial charge on any atom is -0.455 e. The molecule has 0 aliphatic heterocycles. The molecule has 0 saturated carbocycles. The Bertz CT molecular complexity index is 3100. The van der Waals surface area contributed by atoms with Crippen molar-refractivity contribution in [2.24, 2.45) is 0 Å². The molecule has 0 fully saturated rings. The fourth-order valence-corrected chi connectivity index (χ4v) is 7.72. The Balaban J connectivity index is 1.02. The van der Waals surface area contributed by atoms with Gasteiger partial charge in [-0.25, -0.2) is 15.0 Å². The largest absolute Gasteiger partial charge is 0.455 e. The van der Waals surface area contributed by atoms with Crippen molar-refractivity contribution >= 4 is 34.1 Å². The molecular weight excluding hydrogens is 709 g/mol. The molecule has 0 spiro atoms. The van der Waals surface area contributed by atoms with Crippen LogP contribution >= 0.6 is 0 Å². The number of fused-ring (bicyclic) bond motifs is 3. The summed E-state index contributed by atoms with van der Waals surface area (Å²) in [6, 6.07) is 62.7. The van der Waals surface area contributed by atoms with Gasteiger partial charge in [-0.05, 0) is 64.7 Å². The van der Waals surface area contributed by atoms with E-state index in [0.29, 0.717) is 5.82 Å². The second-order valence-electron chi connectivity index (χ2n) is 14.1. The fourth-order valence-electron chi connectivity index (χ4n) is 7.72. The molecule has 5 nitrogen and oxygen atoms in total. The van der Waals surface area contributed by atoms with E-state index in [9.17, 15) is 0 Å². The molecule has 3 heterocycles. The van der Waals surface area contributed by atoms with Crippen LogP contribution in [0, 0.1) is 0 Å². The van der Waals surface area contributed by atoms with Gasteiger partial charge in [-0.2, -0.15) is 0 Å². The van der Waals surface area contributed by atoms with E-state index >= 15 is 0 Å². The first-order valence-electron chi connectivity index (χ1n) is 19.2. The van der Waals surface area contributed by atoms with E-state index in [1.165, 1.54) is 5.56 Å². The zero-order valence-corrected chi connectivity index (χ0v) is 31.6. The Labute approximate surface area is 336 Å². The summed E-state index contributed by atoms with van der Waals surface area (Å²) in [6.07, 6.45) is 3.61. The van der Waals surface area contributed by atoms with Crippen LogP contribution in [0.5, 0.6) is 0 Å². The molecule has 0 aliphatic rings. The molecule has 0 atom stereocenters. The first-order chi connectivity index (χ1) is 28.6. The number of para-hydroxylation sites is 3. The number of nitrogens with zero attached hydrogens (tertiary/aromatic N) is 4. The Morgan fingerprint density at radius 1 is 0.448 bits per heavy atom. The highest BCUT2D eigenvalue weighted by Crippen LogP contribution is 2.37. The van der Waals surface area contributed by atoms with Crippen LogP contribution in [-0.2, 0) is 0 Å². The standard InChI is InChI=1S/C53H36N4O/c1-3-46-49(4-2)57(42-16-9-6-10-17-42)53(56-46)41-32-26-38(27-33-41)37-24-30-40(31-25-37)48-34-47(39-28-22-36(23-29-39)35-14-7-5-8-15-35)54-52(55-48)45-20-13-19-44-43-18-11-12-21-50(43)58-51(44)45/h3-34H,1-2H2. The zero-order valence-electron chi connectivity index (χ0n) is 31.6. The molecule has 10 aromatic rings. The molecule has 5 heteroatoms. The first kappa shape index (κ1) is 34.6. The first-order valence-corrected chi connectivity index (χ1v) is 19.2. The molecule has 3 aromatic heterocycles. The Morgan fingerprint density at radius 3 is 1.57 bits per heavy atom. The van der Waals surface area contributed by atoms with Crippen molar-refractivity contribution in [3.63, 3.8) is 0 Å². The molecule has 0 aliphatic carbocycles. The average molecular weight is 745 g/mol. The third-order valence-corrected chi connectivity index (χ3v) is 10.7. The number of aromatic nitrogens is 4. The van der Waals surface area contributed by atoms with E-state index in [1.54, 1.807) is 6.08 Å². The quantitative estimate of drug-likeness (QED) is 0.148. The van der Waals surface area contributed by atoms with Crippen LogP contribution < -0.4 is 0 Å². The lowest BCUT2D eigenvalue weighted by Gasteiger charge is -2.12. The summed E-state index contributed by atoms with van der Waals surface area (Å²) in [5.41, 5.74) is 14.4. The molecule has 58 heavy (non-hydrogen) atoms. The van der Waals surface area contributed by atoms with Crippen LogP contribution in [-0.4, -0.2) is 19.5 Å². The van der Waals surface area contributed by atoms with Gasteiger partial charge in [0.2, 0.25) is 0 Å². The van der Waals surface area contributed by atoms with Gasteiger partial charge in [0.15, 0.2) is 5.82 Å². The van der Waals surface area contributed by atoms with Gasteiger partial charge in [-0.15, -0.1) is 0 Å². The van der Waals surface area contributed by atoms with Crippen LogP contribution in [0.15, 0.2) is 200 Å². The van der Waals surface area contributed by atoms with Crippen molar-refractivity contribution in [1.82, 2.24) is 19.5 Å². The van der Waals surface area contributed by atoms with Gasteiger partial charge < -0.3 is 4.42 Å². The van der Waals surface area contributed by atoms with Gasteiger partial charge >= 0.3 is 0 Å². The highest BCUT2D eigenvalue weighted by atomic mass is 16.3. The predicted molar refractivity (Wildman–Crippen MR) is 239 cm³/mol. The topological polar surface area (TPSA) is 56.7 Å². The Hall–Kier alpha value is -7.89. The fraction of sp³-hybridized carbons (Fsp3) is 0. The number of furan rings is 1. The summed E-state index contributed by atoms with van der Waals surface area (Å²) in [4.78, 5) is 15.3. The minimum absolute atomic E-state index is 0.608. The minimum atomic E-state index is 0.608. The summed E-state index contributed by atoms with van der Waals surface area (Å²) in [5, 5.41) is 2.11. The smallest absolute Gasteiger partial charge is 0.164 e. The lowest BCUT2D eigenvalue weighted by molar-refractivity contribution is 0.669. The summed E-state index contributed by atoms with van der Waals surface area (Å²) < 4.78 is 8.58. The third-order valence-electron chi connectivity index (χ3n) is 10.7. The van der Waals surface area contributed by atoms with Crippen LogP contribution in [0.1, 0.15) is 11.4 Å². The molecule has 0 amide bonds. The third kappa shape index (κ3) is 6.21. The second kappa shape index (κ2) is 14.6. The normalized spacial score (nSPS) is 11.2. The summed E-state index contributed by atoms with van der Waals surface area (Å²) in [7, 11) is 0. The Morgan fingerprint density at radius 2 is 0.966 bits per heavy atom. The number of benzene rings is 7. The van der Waals surface area contributed by atoms with Crippen LogP contribution in [0.4, 0.5) is 0 Å². The summed E-state index contributed by atoms with van der Waals surface area (Å²) >= 11 is 0. The number of rotatable bonds is 9. The van der Waals surface area contributed by atoms with E-state index in [4.69, 9.17) is 19.4 Å².